The molecule has 144 valence electrons. The van der Waals surface area contributed by atoms with Gasteiger partial charge in [-0.1, -0.05) is 12.1 Å². The second kappa shape index (κ2) is 6.95. The SMILES string of the molecule is Cc1ccc2nc(CN3CCC[C@H]3c3ccc4c(c3)OCCO4)cc(=O)n2c1. The topological polar surface area (TPSA) is 56.1 Å². The average molecular weight is 377 g/mol. The van der Waals surface area contributed by atoms with Gasteiger partial charge in [-0.3, -0.25) is 14.1 Å². The van der Waals surface area contributed by atoms with Gasteiger partial charge in [-0.05, 0) is 55.6 Å². The Kier molecular flexibility index (Phi) is 4.28. The molecule has 6 heteroatoms. The molecule has 1 aromatic carbocycles. The van der Waals surface area contributed by atoms with E-state index in [1.807, 2.05) is 31.3 Å². The number of ether oxygens (including phenoxy) is 2. The second-order valence-electron chi connectivity index (χ2n) is 7.55. The molecule has 0 aliphatic carbocycles. The van der Waals surface area contributed by atoms with Crippen molar-refractivity contribution in [3.05, 3.63) is 69.8 Å². The molecule has 0 N–H and O–H groups in total. The molecule has 4 heterocycles. The predicted molar refractivity (Wildman–Crippen MR) is 106 cm³/mol. The Hall–Kier alpha value is -2.86. The highest BCUT2D eigenvalue weighted by Crippen LogP contribution is 2.38. The van der Waals surface area contributed by atoms with Gasteiger partial charge in [0.25, 0.3) is 5.56 Å². The van der Waals surface area contributed by atoms with Crippen LogP contribution in [0.4, 0.5) is 0 Å². The first kappa shape index (κ1) is 17.3. The number of hydrogen-bond donors (Lipinski definition) is 0. The molecule has 2 aliphatic heterocycles. The summed E-state index contributed by atoms with van der Waals surface area (Å²) >= 11 is 0. The molecule has 0 radical (unpaired) electrons. The number of benzene rings is 1. The van der Waals surface area contributed by atoms with Crippen molar-refractivity contribution in [2.24, 2.45) is 0 Å². The number of fused-ring (bicyclic) bond motifs is 2. The summed E-state index contributed by atoms with van der Waals surface area (Å²) in [7, 11) is 0. The number of rotatable bonds is 3. The van der Waals surface area contributed by atoms with E-state index in [0.29, 0.717) is 31.4 Å². The maximum atomic E-state index is 12.5. The van der Waals surface area contributed by atoms with Crippen molar-refractivity contribution in [2.75, 3.05) is 19.8 Å². The Morgan fingerprint density at radius 1 is 1.11 bits per heavy atom. The smallest absolute Gasteiger partial charge is 0.258 e. The minimum atomic E-state index is -0.0289. The van der Waals surface area contributed by atoms with E-state index in [-0.39, 0.29) is 5.56 Å². The summed E-state index contributed by atoms with van der Waals surface area (Å²) in [6.45, 7) is 4.83. The average Bonchev–Trinajstić information content (AvgIpc) is 3.16. The van der Waals surface area contributed by atoms with Gasteiger partial charge in [0.1, 0.15) is 18.9 Å². The van der Waals surface area contributed by atoms with Gasteiger partial charge >= 0.3 is 0 Å². The minimum Gasteiger partial charge on any atom is -0.486 e. The van der Waals surface area contributed by atoms with Gasteiger partial charge in [0.15, 0.2) is 11.5 Å². The number of likely N-dealkylation sites (tertiary alicyclic amines) is 1. The maximum Gasteiger partial charge on any atom is 0.258 e. The van der Waals surface area contributed by atoms with Crippen LogP contribution in [0, 0.1) is 6.92 Å². The number of aromatic nitrogens is 2. The van der Waals surface area contributed by atoms with Crippen molar-refractivity contribution in [1.29, 1.82) is 0 Å². The van der Waals surface area contributed by atoms with Gasteiger partial charge in [-0.2, -0.15) is 0 Å². The van der Waals surface area contributed by atoms with Gasteiger partial charge in [0.05, 0.1) is 5.69 Å². The van der Waals surface area contributed by atoms with Gasteiger partial charge in [0.2, 0.25) is 0 Å². The van der Waals surface area contributed by atoms with E-state index in [9.17, 15) is 4.79 Å². The Labute approximate surface area is 163 Å². The van der Waals surface area contributed by atoms with Crippen molar-refractivity contribution in [1.82, 2.24) is 14.3 Å². The molecule has 1 saturated heterocycles. The lowest BCUT2D eigenvalue weighted by Gasteiger charge is -2.26. The number of nitrogens with zero attached hydrogens (tertiary/aromatic N) is 3. The lowest BCUT2D eigenvalue weighted by molar-refractivity contribution is 0.170. The van der Waals surface area contributed by atoms with Crippen LogP contribution in [0.25, 0.3) is 5.65 Å². The fraction of sp³-hybridized carbons (Fsp3) is 0.364. The highest BCUT2D eigenvalue weighted by atomic mass is 16.6. The lowest BCUT2D eigenvalue weighted by Crippen LogP contribution is -2.25. The van der Waals surface area contributed by atoms with Crippen LogP contribution in [-0.2, 0) is 6.54 Å². The van der Waals surface area contributed by atoms with Crippen LogP contribution in [0.3, 0.4) is 0 Å². The summed E-state index contributed by atoms with van der Waals surface area (Å²) < 4.78 is 13.0. The molecule has 2 aromatic heterocycles. The first-order valence-electron chi connectivity index (χ1n) is 9.80. The standard InChI is InChI=1S/C22H23N3O3/c1-15-4-7-21-23-17(12-22(26)25(21)13-15)14-24-8-2-3-18(24)16-5-6-19-20(11-16)28-10-9-27-19/h4-7,11-13,18H,2-3,8-10,14H2,1H3/t18-/m0/s1. The summed E-state index contributed by atoms with van der Waals surface area (Å²) in [5, 5.41) is 0. The molecular weight excluding hydrogens is 354 g/mol. The molecule has 2 aliphatic rings. The molecule has 1 atom stereocenters. The fourth-order valence-electron chi connectivity index (χ4n) is 4.21. The summed E-state index contributed by atoms with van der Waals surface area (Å²) in [4.78, 5) is 19.6. The van der Waals surface area contributed by atoms with Crippen molar-refractivity contribution in [3.63, 3.8) is 0 Å². The van der Waals surface area contributed by atoms with E-state index in [1.54, 1.807) is 10.5 Å². The molecule has 5 rings (SSSR count). The summed E-state index contributed by atoms with van der Waals surface area (Å²) in [6.07, 6.45) is 4.05. The third-order valence-electron chi connectivity index (χ3n) is 5.54. The molecule has 6 nitrogen and oxygen atoms in total. The summed E-state index contributed by atoms with van der Waals surface area (Å²) in [6, 6.07) is 12.1. The number of pyridine rings is 1. The Morgan fingerprint density at radius 2 is 1.96 bits per heavy atom. The third-order valence-corrected chi connectivity index (χ3v) is 5.54. The van der Waals surface area contributed by atoms with E-state index in [0.717, 1.165) is 42.1 Å². The van der Waals surface area contributed by atoms with E-state index in [1.165, 1.54) is 5.56 Å². The highest BCUT2D eigenvalue weighted by molar-refractivity contribution is 5.45. The molecule has 3 aromatic rings. The van der Waals surface area contributed by atoms with E-state index >= 15 is 0 Å². The Morgan fingerprint density at radius 3 is 2.86 bits per heavy atom. The predicted octanol–water partition coefficient (Wildman–Crippen LogP) is 3.11. The molecule has 1 fully saturated rings. The highest BCUT2D eigenvalue weighted by Gasteiger charge is 2.28. The van der Waals surface area contributed by atoms with Crippen LogP contribution >= 0.6 is 0 Å². The van der Waals surface area contributed by atoms with E-state index < -0.39 is 0 Å². The van der Waals surface area contributed by atoms with Gasteiger partial charge in [-0.25, -0.2) is 4.98 Å². The van der Waals surface area contributed by atoms with Crippen molar-refractivity contribution in [2.45, 2.75) is 32.4 Å². The minimum absolute atomic E-state index is 0.0289. The Balaban J connectivity index is 1.42. The van der Waals surface area contributed by atoms with E-state index in [2.05, 4.69) is 17.0 Å². The van der Waals surface area contributed by atoms with Crippen molar-refractivity contribution >= 4 is 5.65 Å². The van der Waals surface area contributed by atoms with Gasteiger partial charge in [0, 0.05) is 24.8 Å². The zero-order chi connectivity index (χ0) is 19.1. The fourth-order valence-corrected chi connectivity index (χ4v) is 4.21. The quantitative estimate of drug-likeness (QED) is 0.702. The second-order valence-corrected chi connectivity index (χ2v) is 7.55. The molecule has 0 amide bonds. The summed E-state index contributed by atoms with van der Waals surface area (Å²) in [5.41, 5.74) is 3.76. The van der Waals surface area contributed by atoms with Crippen molar-refractivity contribution < 1.29 is 9.47 Å². The van der Waals surface area contributed by atoms with Crippen LogP contribution in [0.1, 0.15) is 35.7 Å². The molecular formula is C22H23N3O3. The van der Waals surface area contributed by atoms with Crippen LogP contribution in [-0.4, -0.2) is 34.0 Å². The summed E-state index contributed by atoms with van der Waals surface area (Å²) in [5.74, 6) is 1.65. The zero-order valence-corrected chi connectivity index (χ0v) is 15.9. The number of aryl methyl sites for hydroxylation is 1. The van der Waals surface area contributed by atoms with E-state index in [4.69, 9.17) is 14.5 Å². The van der Waals surface area contributed by atoms with Crippen LogP contribution in [0.5, 0.6) is 11.5 Å². The third kappa shape index (κ3) is 3.14. The number of hydrogen-bond acceptors (Lipinski definition) is 5. The molecule has 0 saturated carbocycles. The van der Waals surface area contributed by atoms with Gasteiger partial charge in [-0.15, -0.1) is 0 Å². The molecule has 0 unspecified atom stereocenters. The van der Waals surface area contributed by atoms with Crippen LogP contribution in [0.2, 0.25) is 0 Å². The normalized spacial score (nSPS) is 19.2. The Bertz CT molecular complexity index is 1090. The van der Waals surface area contributed by atoms with Crippen LogP contribution < -0.4 is 15.0 Å². The van der Waals surface area contributed by atoms with Crippen molar-refractivity contribution in [3.8, 4) is 11.5 Å². The largest absolute Gasteiger partial charge is 0.486 e. The monoisotopic (exact) mass is 377 g/mol. The lowest BCUT2D eigenvalue weighted by atomic mass is 10.0. The zero-order valence-electron chi connectivity index (χ0n) is 15.9. The van der Waals surface area contributed by atoms with Crippen LogP contribution in [0.15, 0.2) is 47.4 Å². The van der Waals surface area contributed by atoms with Gasteiger partial charge < -0.3 is 9.47 Å². The first-order valence-corrected chi connectivity index (χ1v) is 9.80. The molecule has 28 heavy (non-hydrogen) atoms. The molecule has 0 spiro atoms. The molecule has 0 bridgehead atoms. The maximum absolute atomic E-state index is 12.5. The first-order chi connectivity index (χ1) is 13.7.